The van der Waals surface area contributed by atoms with Gasteiger partial charge in [-0.2, -0.15) is 0 Å². The summed E-state index contributed by atoms with van der Waals surface area (Å²) in [4.78, 5) is 23.6. The van der Waals surface area contributed by atoms with Gasteiger partial charge in [-0.15, -0.1) is 0 Å². The van der Waals surface area contributed by atoms with Gasteiger partial charge in [-0.3, -0.25) is 9.59 Å². The lowest BCUT2D eigenvalue weighted by atomic mass is 9.92. The fraction of sp³-hybridized carbons (Fsp3) is 0.259. The van der Waals surface area contributed by atoms with Crippen LogP contribution in [0.1, 0.15) is 40.2 Å². The van der Waals surface area contributed by atoms with Crippen LogP contribution in [0.3, 0.4) is 0 Å². The van der Waals surface area contributed by atoms with Gasteiger partial charge in [-0.05, 0) is 59.6 Å². The van der Waals surface area contributed by atoms with Gasteiger partial charge in [0.1, 0.15) is 6.04 Å². The third-order valence-corrected chi connectivity index (χ3v) is 6.11. The van der Waals surface area contributed by atoms with Crippen LogP contribution in [0.4, 0.5) is 0 Å². The normalized spacial score (nSPS) is 15.0. The lowest BCUT2D eigenvalue weighted by molar-refractivity contribution is -0.138. The molecule has 164 valence electrons. The molecule has 1 saturated carbocycles. The summed E-state index contributed by atoms with van der Waals surface area (Å²) in [6.07, 6.45) is 2.62. The fourth-order valence-corrected chi connectivity index (χ4v) is 4.05. The van der Waals surface area contributed by atoms with E-state index in [4.69, 9.17) is 10.8 Å². The van der Waals surface area contributed by atoms with Crippen LogP contribution in [0, 0.1) is 5.92 Å². The number of nitrogens with one attached hydrogen (secondary N) is 1. The summed E-state index contributed by atoms with van der Waals surface area (Å²) >= 11 is 0. The molecule has 3 aromatic rings. The van der Waals surface area contributed by atoms with E-state index in [1.807, 2.05) is 18.2 Å². The number of aliphatic carboxylic acids is 1. The first kappa shape index (κ1) is 21.8. The Morgan fingerprint density at radius 2 is 1.53 bits per heavy atom. The number of amides is 1. The number of hydrogen-bond donors (Lipinski definition) is 3. The minimum absolute atomic E-state index is 0.120. The van der Waals surface area contributed by atoms with Crippen LogP contribution in [0.25, 0.3) is 11.1 Å². The Morgan fingerprint density at radius 1 is 0.906 bits per heavy atom. The minimum atomic E-state index is -1.03. The first-order chi connectivity index (χ1) is 15.5. The number of nitrogens with two attached hydrogens (primary N) is 1. The quantitative estimate of drug-likeness (QED) is 0.475. The fourth-order valence-electron chi connectivity index (χ4n) is 4.05. The zero-order chi connectivity index (χ0) is 22.5. The Hall–Kier alpha value is -3.44. The molecule has 0 bridgehead atoms. The van der Waals surface area contributed by atoms with Gasteiger partial charge in [0.05, 0.1) is 0 Å². The van der Waals surface area contributed by atoms with E-state index in [2.05, 4.69) is 41.7 Å². The Labute approximate surface area is 188 Å². The van der Waals surface area contributed by atoms with Gasteiger partial charge in [0.2, 0.25) is 0 Å². The topological polar surface area (TPSA) is 92.4 Å². The van der Waals surface area contributed by atoms with Gasteiger partial charge in [-0.25, -0.2) is 0 Å². The maximum Gasteiger partial charge on any atom is 0.320 e. The number of hydrogen-bond acceptors (Lipinski definition) is 3. The first-order valence-electron chi connectivity index (χ1n) is 11.0. The Morgan fingerprint density at radius 3 is 2.12 bits per heavy atom. The molecule has 1 fully saturated rings. The molecule has 3 aromatic carbocycles. The number of rotatable bonds is 9. The lowest BCUT2D eigenvalue weighted by Gasteiger charge is -2.18. The molecule has 32 heavy (non-hydrogen) atoms. The summed E-state index contributed by atoms with van der Waals surface area (Å²) in [5.74, 6) is -0.241. The van der Waals surface area contributed by atoms with Crippen LogP contribution >= 0.6 is 0 Å². The monoisotopic (exact) mass is 428 g/mol. The first-order valence-corrected chi connectivity index (χ1v) is 11.0. The van der Waals surface area contributed by atoms with Crippen LogP contribution in [0.5, 0.6) is 0 Å². The third-order valence-electron chi connectivity index (χ3n) is 6.11. The summed E-state index contributed by atoms with van der Waals surface area (Å²) in [7, 11) is 0. The van der Waals surface area contributed by atoms with E-state index in [0.717, 1.165) is 5.56 Å². The number of benzene rings is 3. The molecular weight excluding hydrogens is 400 g/mol. The average Bonchev–Trinajstić information content (AvgIpc) is 3.66. The molecule has 0 unspecified atom stereocenters. The van der Waals surface area contributed by atoms with E-state index in [0.29, 0.717) is 23.9 Å². The smallest absolute Gasteiger partial charge is 0.320 e. The van der Waals surface area contributed by atoms with Crippen LogP contribution in [0.15, 0.2) is 78.9 Å². The molecule has 5 nitrogen and oxygen atoms in total. The van der Waals surface area contributed by atoms with Crippen molar-refractivity contribution < 1.29 is 14.7 Å². The molecule has 0 saturated heterocycles. The molecule has 5 heteroatoms. The molecule has 4 N–H and O–H groups in total. The molecule has 0 spiro atoms. The van der Waals surface area contributed by atoms with Crippen molar-refractivity contribution in [2.45, 2.75) is 31.2 Å². The molecule has 0 radical (unpaired) electrons. The van der Waals surface area contributed by atoms with Gasteiger partial charge >= 0.3 is 5.97 Å². The number of carbonyl (C=O) groups excluding carboxylic acids is 1. The zero-order valence-corrected chi connectivity index (χ0v) is 17.9. The van der Waals surface area contributed by atoms with E-state index >= 15 is 0 Å². The van der Waals surface area contributed by atoms with Crippen molar-refractivity contribution in [3.05, 3.63) is 95.6 Å². The largest absolute Gasteiger partial charge is 0.480 e. The molecule has 1 aliphatic carbocycles. The lowest BCUT2D eigenvalue weighted by Crippen LogP contribution is -2.32. The van der Waals surface area contributed by atoms with Crippen LogP contribution in [0.2, 0.25) is 0 Å². The molecule has 0 aromatic heterocycles. The maximum atomic E-state index is 12.7. The zero-order valence-electron chi connectivity index (χ0n) is 17.9. The summed E-state index contributed by atoms with van der Waals surface area (Å²) in [6.45, 7) is 0.597. The van der Waals surface area contributed by atoms with Crippen molar-refractivity contribution in [3.8, 4) is 11.1 Å². The molecule has 0 heterocycles. The highest BCUT2D eigenvalue weighted by Gasteiger charge is 2.32. The third kappa shape index (κ3) is 5.42. The van der Waals surface area contributed by atoms with E-state index < -0.39 is 12.0 Å². The van der Waals surface area contributed by atoms with Crippen LogP contribution in [-0.2, 0) is 11.2 Å². The molecule has 1 amide bonds. The molecular formula is C27H28N2O3. The van der Waals surface area contributed by atoms with Gasteiger partial charge in [0.15, 0.2) is 0 Å². The predicted octanol–water partition coefficient (Wildman–Crippen LogP) is 4.23. The summed E-state index contributed by atoms with van der Waals surface area (Å²) in [5.41, 5.74) is 10.6. The van der Waals surface area contributed by atoms with Gasteiger partial charge in [-0.1, -0.05) is 66.7 Å². The van der Waals surface area contributed by atoms with Crippen molar-refractivity contribution in [2.24, 2.45) is 11.7 Å². The highest BCUT2D eigenvalue weighted by atomic mass is 16.4. The average molecular weight is 429 g/mol. The maximum absolute atomic E-state index is 12.7. The number of carboxylic acid groups (broad SMARTS) is 1. The number of carboxylic acids is 1. The Kier molecular flexibility index (Phi) is 6.66. The molecule has 1 aliphatic rings. The summed E-state index contributed by atoms with van der Waals surface area (Å²) < 4.78 is 0. The summed E-state index contributed by atoms with van der Waals surface area (Å²) in [6, 6.07) is 25.0. The summed E-state index contributed by atoms with van der Waals surface area (Å²) in [5, 5.41) is 12.0. The highest BCUT2D eigenvalue weighted by molar-refractivity contribution is 5.94. The van der Waals surface area contributed by atoms with E-state index in [-0.39, 0.29) is 12.3 Å². The minimum Gasteiger partial charge on any atom is -0.480 e. The van der Waals surface area contributed by atoms with Crippen molar-refractivity contribution in [1.29, 1.82) is 0 Å². The van der Waals surface area contributed by atoms with Crippen molar-refractivity contribution >= 4 is 11.9 Å². The van der Waals surface area contributed by atoms with Gasteiger partial charge < -0.3 is 16.2 Å². The Balaban J connectivity index is 1.38. The van der Waals surface area contributed by atoms with Crippen molar-refractivity contribution in [3.63, 3.8) is 0 Å². The predicted molar refractivity (Wildman–Crippen MR) is 125 cm³/mol. The second-order valence-electron chi connectivity index (χ2n) is 8.49. The second-order valence-corrected chi connectivity index (χ2v) is 8.49. The van der Waals surface area contributed by atoms with E-state index in [1.54, 1.807) is 24.3 Å². The molecule has 0 aliphatic heterocycles. The standard InChI is InChI=1S/C27H28N2O3/c28-25(27(31)32)16-18-6-8-23(9-7-18)26(30)29-17-24(22-14-15-22)21-12-10-20(11-13-21)19-4-2-1-3-5-19/h1-13,22,24-25H,14-17,28H2,(H,29,30)(H,31,32)/t24-,25-/m0/s1. The second kappa shape index (κ2) is 9.79. The van der Waals surface area contributed by atoms with Gasteiger partial charge in [0.25, 0.3) is 5.91 Å². The van der Waals surface area contributed by atoms with Gasteiger partial charge in [0, 0.05) is 18.0 Å². The SMILES string of the molecule is N[C@@H](Cc1ccc(C(=O)NC[C@@H](c2ccc(-c3ccccc3)cc2)C2CC2)cc1)C(=O)O. The molecule has 4 rings (SSSR count). The highest BCUT2D eigenvalue weighted by Crippen LogP contribution is 2.42. The Bertz CT molecular complexity index is 1060. The van der Waals surface area contributed by atoms with Crippen LogP contribution in [-0.4, -0.2) is 29.6 Å². The van der Waals surface area contributed by atoms with Crippen molar-refractivity contribution in [1.82, 2.24) is 5.32 Å². The number of carbonyl (C=O) groups is 2. The van der Waals surface area contributed by atoms with Crippen LogP contribution < -0.4 is 11.1 Å². The van der Waals surface area contributed by atoms with E-state index in [1.165, 1.54) is 29.5 Å². The van der Waals surface area contributed by atoms with E-state index in [9.17, 15) is 9.59 Å². The van der Waals surface area contributed by atoms with Crippen molar-refractivity contribution in [2.75, 3.05) is 6.54 Å². The molecule has 2 atom stereocenters.